The maximum Gasteiger partial charge on any atom is 0.404 e. The Bertz CT molecular complexity index is 1590. The zero-order chi connectivity index (χ0) is 26.9. The van der Waals surface area contributed by atoms with Crippen LogP contribution in [0, 0.1) is 0 Å². The number of amides is 2. The number of hydrogen-bond acceptors (Lipinski definition) is 7. The summed E-state index contributed by atoms with van der Waals surface area (Å²) in [6.45, 7) is 3.05. The molecule has 0 saturated carbocycles. The largest absolute Gasteiger partial charge is 0.445 e. The number of fused-ring (bicyclic) bond motifs is 5. The van der Waals surface area contributed by atoms with Crippen LogP contribution in [0.5, 0.6) is 0 Å². The standard InChI is InChI=1S/C29H26N6O4/c1-2-35-27-21-7-3-4-8-22(21)28(36)34(25-10-6-5-9-23(25)26(27)31-33-35)16-20-15-24(32-39-20)19-13-11-18(12-14-19)17-38-29(30)37/h3-14,20H,2,15-17H2,1H3,(H2,30,37). The minimum Gasteiger partial charge on any atom is -0.445 e. The molecule has 2 aliphatic heterocycles. The Morgan fingerprint density at radius 2 is 1.74 bits per heavy atom. The van der Waals surface area contributed by atoms with Crippen molar-refractivity contribution in [1.82, 2.24) is 15.0 Å². The number of hydrogen-bond donors (Lipinski definition) is 1. The smallest absolute Gasteiger partial charge is 0.404 e. The molecule has 0 fully saturated rings. The van der Waals surface area contributed by atoms with E-state index in [4.69, 9.17) is 15.3 Å². The van der Waals surface area contributed by atoms with Crippen LogP contribution in [0.15, 0.2) is 78.0 Å². The fraction of sp³-hybridized carbons (Fsp3) is 0.207. The quantitative estimate of drug-likeness (QED) is 0.401. The van der Waals surface area contributed by atoms with E-state index in [1.807, 2.05) is 84.4 Å². The average Bonchev–Trinajstić information content (AvgIpc) is 3.61. The van der Waals surface area contributed by atoms with E-state index < -0.39 is 6.09 Å². The number of rotatable bonds is 6. The maximum absolute atomic E-state index is 14.1. The molecule has 0 aliphatic carbocycles. The minimum absolute atomic E-state index is 0.104. The summed E-state index contributed by atoms with van der Waals surface area (Å²) in [5, 5.41) is 13.2. The van der Waals surface area contributed by atoms with E-state index >= 15 is 0 Å². The second kappa shape index (κ2) is 10.1. The van der Waals surface area contributed by atoms with Crippen molar-refractivity contribution < 1.29 is 19.2 Å². The van der Waals surface area contributed by atoms with Gasteiger partial charge in [-0.25, -0.2) is 9.48 Å². The molecule has 1 atom stereocenters. The average molecular weight is 523 g/mol. The highest BCUT2D eigenvalue weighted by Crippen LogP contribution is 2.41. The molecule has 196 valence electrons. The van der Waals surface area contributed by atoms with Gasteiger partial charge in [0.25, 0.3) is 5.91 Å². The first-order valence-corrected chi connectivity index (χ1v) is 12.7. The minimum atomic E-state index is -0.815. The molecule has 2 aliphatic rings. The summed E-state index contributed by atoms with van der Waals surface area (Å²) < 4.78 is 6.68. The molecule has 3 aromatic carbocycles. The van der Waals surface area contributed by atoms with Gasteiger partial charge in [0.2, 0.25) is 0 Å². The van der Waals surface area contributed by atoms with Crippen molar-refractivity contribution >= 4 is 23.4 Å². The Morgan fingerprint density at radius 3 is 2.49 bits per heavy atom. The lowest BCUT2D eigenvalue weighted by Gasteiger charge is -2.29. The molecule has 1 aromatic heterocycles. The molecule has 10 heteroatoms. The van der Waals surface area contributed by atoms with Crippen molar-refractivity contribution in [3.63, 3.8) is 0 Å². The normalized spacial score (nSPS) is 15.8. The van der Waals surface area contributed by atoms with Crippen LogP contribution < -0.4 is 10.6 Å². The molecule has 0 saturated heterocycles. The first-order chi connectivity index (χ1) is 19.0. The molecule has 3 heterocycles. The van der Waals surface area contributed by atoms with E-state index in [1.165, 1.54) is 0 Å². The number of carbonyl (C=O) groups is 2. The van der Waals surface area contributed by atoms with E-state index in [-0.39, 0.29) is 18.6 Å². The Hall–Kier alpha value is -4.99. The van der Waals surface area contributed by atoms with Gasteiger partial charge < -0.3 is 20.2 Å². The first kappa shape index (κ1) is 24.4. The second-order valence-electron chi connectivity index (χ2n) is 9.36. The molecule has 10 nitrogen and oxygen atoms in total. The summed E-state index contributed by atoms with van der Waals surface area (Å²) in [5.41, 5.74) is 12.1. The van der Waals surface area contributed by atoms with E-state index in [0.29, 0.717) is 25.1 Å². The summed E-state index contributed by atoms with van der Waals surface area (Å²) in [6.07, 6.45) is -0.626. The highest BCUT2D eigenvalue weighted by Gasteiger charge is 2.34. The number of primary amides is 1. The van der Waals surface area contributed by atoms with E-state index in [1.54, 1.807) is 4.90 Å². The molecule has 2 amide bonds. The molecule has 0 radical (unpaired) electrons. The molecule has 4 aromatic rings. The van der Waals surface area contributed by atoms with Gasteiger partial charge in [0.1, 0.15) is 12.3 Å². The van der Waals surface area contributed by atoms with Crippen molar-refractivity contribution in [2.24, 2.45) is 10.9 Å². The summed E-state index contributed by atoms with van der Waals surface area (Å²) in [5.74, 6) is -0.122. The number of nitrogens with two attached hydrogens (primary N) is 1. The molecular formula is C29H26N6O4. The number of aryl methyl sites for hydroxylation is 1. The van der Waals surface area contributed by atoms with Crippen LogP contribution in [0.4, 0.5) is 10.5 Å². The van der Waals surface area contributed by atoms with Crippen molar-refractivity contribution in [3.05, 3.63) is 89.5 Å². The van der Waals surface area contributed by atoms with Crippen molar-refractivity contribution in [1.29, 1.82) is 0 Å². The lowest BCUT2D eigenvalue weighted by Crippen LogP contribution is -2.39. The summed E-state index contributed by atoms with van der Waals surface area (Å²) in [6, 6.07) is 22.8. The molecule has 0 bridgehead atoms. The summed E-state index contributed by atoms with van der Waals surface area (Å²) >= 11 is 0. The number of nitrogens with zero attached hydrogens (tertiary/aromatic N) is 5. The van der Waals surface area contributed by atoms with Gasteiger partial charge in [0.05, 0.1) is 23.6 Å². The fourth-order valence-corrected chi connectivity index (χ4v) is 5.05. The van der Waals surface area contributed by atoms with E-state index in [2.05, 4.69) is 15.5 Å². The Balaban J connectivity index is 1.30. The van der Waals surface area contributed by atoms with Crippen LogP contribution in [0.2, 0.25) is 0 Å². The molecule has 39 heavy (non-hydrogen) atoms. The molecule has 1 unspecified atom stereocenters. The van der Waals surface area contributed by atoms with Crippen LogP contribution in [-0.4, -0.2) is 45.4 Å². The van der Waals surface area contributed by atoms with Gasteiger partial charge in [-0.15, -0.1) is 5.10 Å². The van der Waals surface area contributed by atoms with Crippen molar-refractivity contribution in [2.75, 3.05) is 11.4 Å². The van der Waals surface area contributed by atoms with Gasteiger partial charge in [-0.05, 0) is 30.2 Å². The van der Waals surface area contributed by atoms with Crippen molar-refractivity contribution in [2.45, 2.75) is 32.6 Å². The monoisotopic (exact) mass is 522 g/mol. The van der Waals surface area contributed by atoms with Gasteiger partial charge in [-0.1, -0.05) is 71.0 Å². The SMILES string of the molecule is CCn1nnc2c1-c1ccccc1C(=O)N(CC1CC(c3ccc(COC(N)=O)cc3)=NO1)c1ccccc1-2. The van der Waals surface area contributed by atoms with Crippen LogP contribution >= 0.6 is 0 Å². The van der Waals surface area contributed by atoms with Gasteiger partial charge in [-0.3, -0.25) is 4.79 Å². The third kappa shape index (κ3) is 4.50. The number of oxime groups is 1. The Kier molecular flexibility index (Phi) is 6.28. The van der Waals surface area contributed by atoms with Gasteiger partial charge in [0, 0.05) is 29.7 Å². The number of carbonyl (C=O) groups excluding carboxylic acids is 2. The maximum atomic E-state index is 14.1. The Labute approximate surface area is 224 Å². The van der Waals surface area contributed by atoms with Crippen LogP contribution in [0.3, 0.4) is 0 Å². The Morgan fingerprint density at radius 1 is 1.03 bits per heavy atom. The third-order valence-electron chi connectivity index (χ3n) is 6.93. The highest BCUT2D eigenvalue weighted by atomic mass is 16.6. The number of anilines is 1. The van der Waals surface area contributed by atoms with Crippen LogP contribution in [0.25, 0.3) is 22.5 Å². The zero-order valence-corrected chi connectivity index (χ0v) is 21.3. The van der Waals surface area contributed by atoms with E-state index in [0.717, 1.165) is 45.0 Å². The zero-order valence-electron chi connectivity index (χ0n) is 21.3. The van der Waals surface area contributed by atoms with Crippen molar-refractivity contribution in [3.8, 4) is 22.5 Å². The molecule has 6 rings (SSSR count). The lowest BCUT2D eigenvalue weighted by molar-refractivity contribution is 0.0818. The molecule has 2 N–H and O–H groups in total. The van der Waals surface area contributed by atoms with E-state index in [9.17, 15) is 9.59 Å². The number of benzene rings is 3. The highest BCUT2D eigenvalue weighted by molar-refractivity contribution is 6.14. The van der Waals surface area contributed by atoms with Gasteiger partial charge in [-0.2, -0.15) is 0 Å². The first-order valence-electron chi connectivity index (χ1n) is 12.7. The van der Waals surface area contributed by atoms with Crippen LogP contribution in [0.1, 0.15) is 34.8 Å². The number of ether oxygens (including phenoxy) is 1. The number of para-hydroxylation sites is 1. The van der Waals surface area contributed by atoms with Gasteiger partial charge >= 0.3 is 6.09 Å². The lowest BCUT2D eigenvalue weighted by atomic mass is 9.94. The third-order valence-corrected chi connectivity index (χ3v) is 6.93. The number of aromatic nitrogens is 3. The molecule has 0 spiro atoms. The second-order valence-corrected chi connectivity index (χ2v) is 9.36. The predicted octanol–water partition coefficient (Wildman–Crippen LogP) is 4.38. The summed E-state index contributed by atoms with van der Waals surface area (Å²) in [4.78, 5) is 32.6. The predicted molar refractivity (Wildman–Crippen MR) is 145 cm³/mol. The fourth-order valence-electron chi connectivity index (χ4n) is 5.05. The summed E-state index contributed by atoms with van der Waals surface area (Å²) in [7, 11) is 0. The molecular weight excluding hydrogens is 496 g/mol. The van der Waals surface area contributed by atoms with Gasteiger partial charge in [0.15, 0.2) is 6.10 Å². The van der Waals surface area contributed by atoms with Crippen LogP contribution in [-0.2, 0) is 22.7 Å². The topological polar surface area (TPSA) is 125 Å².